The first-order valence-corrected chi connectivity index (χ1v) is 14.9. The second-order valence-electron chi connectivity index (χ2n) is 12.1. The zero-order valence-electron chi connectivity index (χ0n) is 26.9. The maximum atomic E-state index is 15.2. The number of aromatic nitrogens is 2. The number of carboxylic acid groups (broad SMARTS) is 1. The minimum absolute atomic E-state index is 0.0157. The van der Waals surface area contributed by atoms with Crippen molar-refractivity contribution in [2.75, 3.05) is 24.3 Å². The Bertz CT molecular complexity index is 1930. The van der Waals surface area contributed by atoms with E-state index >= 15 is 4.39 Å². The monoisotopic (exact) mass is 655 g/mol. The Morgan fingerprint density at radius 3 is 2.27 bits per heavy atom. The van der Waals surface area contributed by atoms with Crippen LogP contribution in [0.3, 0.4) is 0 Å². The summed E-state index contributed by atoms with van der Waals surface area (Å²) in [4.78, 5) is 43.1. The van der Waals surface area contributed by atoms with Crippen LogP contribution in [0.25, 0.3) is 34.2 Å². The lowest BCUT2D eigenvalue weighted by molar-refractivity contribution is -0.139. The molecule has 5 rings (SSSR count). The lowest BCUT2D eigenvalue weighted by Gasteiger charge is -2.19. The Morgan fingerprint density at radius 2 is 1.65 bits per heavy atom. The molecule has 5 aromatic rings. The molecule has 2 aromatic heterocycles. The number of amides is 2. The topological polar surface area (TPSA) is 160 Å². The van der Waals surface area contributed by atoms with Gasteiger partial charge in [-0.15, -0.1) is 0 Å². The normalized spacial score (nSPS) is 11.9. The van der Waals surface area contributed by atoms with Crippen LogP contribution >= 0.6 is 0 Å². The highest BCUT2D eigenvalue weighted by Crippen LogP contribution is 2.27. The molecule has 0 aliphatic heterocycles. The molecular formula is C35H34FN5O7. The van der Waals surface area contributed by atoms with Crippen molar-refractivity contribution in [1.82, 2.24) is 15.5 Å². The van der Waals surface area contributed by atoms with Gasteiger partial charge in [0.05, 0.1) is 5.56 Å². The third-order valence-electron chi connectivity index (χ3n) is 7.02. The highest BCUT2D eigenvalue weighted by atomic mass is 19.1. The Balaban J connectivity index is 1.22. The molecule has 0 radical (unpaired) electrons. The highest BCUT2D eigenvalue weighted by molar-refractivity contribution is 5.95. The molecule has 248 valence electrons. The molecule has 1 unspecified atom stereocenters. The molecule has 2 heterocycles. The van der Waals surface area contributed by atoms with E-state index in [4.69, 9.17) is 13.7 Å². The van der Waals surface area contributed by atoms with Crippen molar-refractivity contribution in [3.63, 3.8) is 0 Å². The SMILES string of the molecule is CN(C)c1ccc(-c2ccc(C(=O)NC(Cc3ccc(-c4noc(-c5ccc(NC(=O)OC(C)(C)C)cc5)n4)c(F)c3)C(=O)O)o2)cc1. The number of hydrogen-bond acceptors (Lipinski definition) is 9. The third-order valence-corrected chi connectivity index (χ3v) is 7.02. The quantitative estimate of drug-likeness (QED) is 0.149. The highest BCUT2D eigenvalue weighted by Gasteiger charge is 2.24. The van der Waals surface area contributed by atoms with E-state index < -0.39 is 35.4 Å². The number of carbonyl (C=O) groups excluding carboxylic acids is 2. The van der Waals surface area contributed by atoms with Crippen LogP contribution in [-0.2, 0) is 16.0 Å². The van der Waals surface area contributed by atoms with Gasteiger partial charge in [-0.3, -0.25) is 10.1 Å². The zero-order valence-corrected chi connectivity index (χ0v) is 26.9. The molecule has 0 aliphatic rings. The van der Waals surface area contributed by atoms with Crippen molar-refractivity contribution in [2.24, 2.45) is 0 Å². The summed E-state index contributed by atoms with van der Waals surface area (Å²) >= 11 is 0. The van der Waals surface area contributed by atoms with Crippen LogP contribution in [0.15, 0.2) is 87.8 Å². The van der Waals surface area contributed by atoms with Crippen LogP contribution in [0.5, 0.6) is 0 Å². The summed E-state index contributed by atoms with van der Waals surface area (Å²) in [6.07, 6.45) is -0.792. The summed E-state index contributed by atoms with van der Waals surface area (Å²) in [5, 5.41) is 18.8. The number of rotatable bonds is 10. The van der Waals surface area contributed by atoms with E-state index in [9.17, 15) is 19.5 Å². The lowest BCUT2D eigenvalue weighted by Crippen LogP contribution is -2.42. The molecule has 3 N–H and O–H groups in total. The molecule has 13 heteroatoms. The van der Waals surface area contributed by atoms with Gasteiger partial charge < -0.3 is 29.0 Å². The van der Waals surface area contributed by atoms with Crippen LogP contribution in [0, 0.1) is 5.82 Å². The first kappa shape index (κ1) is 33.4. The Morgan fingerprint density at radius 1 is 0.958 bits per heavy atom. The van der Waals surface area contributed by atoms with Gasteiger partial charge >= 0.3 is 12.1 Å². The van der Waals surface area contributed by atoms with Gasteiger partial charge in [0, 0.05) is 43.0 Å². The second-order valence-corrected chi connectivity index (χ2v) is 12.1. The van der Waals surface area contributed by atoms with Gasteiger partial charge in [-0.25, -0.2) is 14.0 Å². The van der Waals surface area contributed by atoms with Crippen molar-refractivity contribution in [2.45, 2.75) is 38.8 Å². The van der Waals surface area contributed by atoms with Crippen molar-refractivity contribution in [3.05, 3.63) is 96.0 Å². The molecule has 0 bridgehead atoms. The number of anilines is 2. The van der Waals surface area contributed by atoms with Gasteiger partial charge in [0.2, 0.25) is 5.82 Å². The number of halogens is 1. The van der Waals surface area contributed by atoms with Crippen LogP contribution in [0.4, 0.5) is 20.6 Å². The summed E-state index contributed by atoms with van der Waals surface area (Å²) in [6.45, 7) is 5.28. The Kier molecular flexibility index (Phi) is 9.59. The Hall–Kier alpha value is -5.98. The fourth-order valence-electron chi connectivity index (χ4n) is 4.64. The number of ether oxygens (including phenoxy) is 1. The molecule has 0 aliphatic carbocycles. The van der Waals surface area contributed by atoms with E-state index in [0.717, 1.165) is 17.3 Å². The first-order chi connectivity index (χ1) is 22.8. The number of benzene rings is 3. The molecule has 12 nitrogen and oxygen atoms in total. The van der Waals surface area contributed by atoms with Crippen LogP contribution in [0.2, 0.25) is 0 Å². The number of hydrogen-bond donors (Lipinski definition) is 3. The van der Waals surface area contributed by atoms with Gasteiger partial charge in [0.15, 0.2) is 5.76 Å². The average molecular weight is 656 g/mol. The fourth-order valence-corrected chi connectivity index (χ4v) is 4.64. The molecule has 2 amide bonds. The summed E-state index contributed by atoms with van der Waals surface area (Å²) in [6, 6.07) is 19.9. The molecule has 0 saturated carbocycles. The molecule has 1 atom stereocenters. The minimum atomic E-state index is -1.36. The maximum absolute atomic E-state index is 15.2. The van der Waals surface area contributed by atoms with Crippen molar-refractivity contribution in [1.29, 1.82) is 0 Å². The van der Waals surface area contributed by atoms with E-state index in [-0.39, 0.29) is 29.5 Å². The number of furan rings is 1. The van der Waals surface area contributed by atoms with E-state index in [0.29, 0.717) is 22.6 Å². The zero-order chi connectivity index (χ0) is 34.6. The van der Waals surface area contributed by atoms with Crippen molar-refractivity contribution >= 4 is 29.3 Å². The second kappa shape index (κ2) is 13.8. The van der Waals surface area contributed by atoms with Crippen LogP contribution in [-0.4, -0.2) is 59.0 Å². The minimum Gasteiger partial charge on any atom is -0.480 e. The smallest absolute Gasteiger partial charge is 0.412 e. The number of nitrogens with one attached hydrogen (secondary N) is 2. The van der Waals surface area contributed by atoms with Gasteiger partial charge in [-0.2, -0.15) is 4.98 Å². The maximum Gasteiger partial charge on any atom is 0.412 e. The van der Waals surface area contributed by atoms with Crippen molar-refractivity contribution < 1.29 is 37.6 Å². The lowest BCUT2D eigenvalue weighted by atomic mass is 10.0. The summed E-state index contributed by atoms with van der Waals surface area (Å²) in [7, 11) is 3.85. The van der Waals surface area contributed by atoms with Gasteiger partial charge in [0.1, 0.15) is 23.2 Å². The molecule has 3 aromatic carbocycles. The summed E-state index contributed by atoms with van der Waals surface area (Å²) < 4.78 is 31.5. The van der Waals surface area contributed by atoms with Crippen LogP contribution in [0.1, 0.15) is 36.9 Å². The third kappa shape index (κ3) is 8.23. The van der Waals surface area contributed by atoms with Gasteiger partial charge in [0.25, 0.3) is 11.8 Å². The number of nitrogens with zero attached hydrogens (tertiary/aromatic N) is 3. The van der Waals surface area contributed by atoms with Crippen molar-refractivity contribution in [3.8, 4) is 34.2 Å². The average Bonchev–Trinajstić information content (AvgIpc) is 3.71. The standard InChI is InChI=1S/C35H34FN5O7/c1-35(2,3)47-34(45)37-23-11-7-22(8-12-23)32-39-30(40-48-32)25-15-6-20(18-26(25)36)19-27(33(43)44)38-31(42)29-17-16-28(46-29)21-9-13-24(14-10-21)41(4)5/h6-18,27H,19H2,1-5H3,(H,37,45)(H,38,42)(H,43,44). The fraction of sp³-hybridized carbons (Fsp3) is 0.229. The summed E-state index contributed by atoms with van der Waals surface area (Å²) in [5.74, 6) is -2.22. The molecule has 0 spiro atoms. The predicted molar refractivity (Wildman–Crippen MR) is 176 cm³/mol. The Labute approximate surface area is 275 Å². The number of carboxylic acids is 1. The van der Waals surface area contributed by atoms with E-state index in [1.165, 1.54) is 18.2 Å². The van der Waals surface area contributed by atoms with E-state index in [1.807, 2.05) is 43.3 Å². The first-order valence-electron chi connectivity index (χ1n) is 14.9. The van der Waals surface area contributed by atoms with Gasteiger partial charge in [-0.1, -0.05) is 11.2 Å². The van der Waals surface area contributed by atoms with E-state index in [1.54, 1.807) is 51.1 Å². The number of aliphatic carboxylic acids is 1. The summed E-state index contributed by atoms with van der Waals surface area (Å²) in [5.41, 5.74) is 2.49. The molecule has 0 fully saturated rings. The molecule has 0 saturated heterocycles. The van der Waals surface area contributed by atoms with Crippen LogP contribution < -0.4 is 15.5 Å². The number of carbonyl (C=O) groups is 3. The van der Waals surface area contributed by atoms with E-state index in [2.05, 4.69) is 20.8 Å². The van der Waals surface area contributed by atoms with Gasteiger partial charge in [-0.05, 0) is 99.1 Å². The largest absolute Gasteiger partial charge is 0.480 e. The molecule has 48 heavy (non-hydrogen) atoms. The predicted octanol–water partition coefficient (Wildman–Crippen LogP) is 6.64. The molecular weight excluding hydrogens is 621 g/mol.